The summed E-state index contributed by atoms with van der Waals surface area (Å²) >= 11 is 0. The molecular formula is C10H18N4O2. The Morgan fingerprint density at radius 3 is 2.81 bits per heavy atom. The molecule has 0 saturated carbocycles. The van der Waals surface area contributed by atoms with Gasteiger partial charge in [0, 0.05) is 19.0 Å². The Hall–Kier alpha value is -1.43. The molecule has 6 heteroatoms. The van der Waals surface area contributed by atoms with E-state index < -0.39 is 0 Å². The minimum absolute atomic E-state index is 0.0241. The molecular weight excluding hydrogens is 208 g/mol. The Balaban J connectivity index is 2.15. The number of aromatic nitrogens is 2. The number of amides is 1. The maximum absolute atomic E-state index is 11.4. The molecule has 1 aromatic heterocycles. The van der Waals surface area contributed by atoms with Crippen LogP contribution < -0.4 is 10.6 Å². The van der Waals surface area contributed by atoms with E-state index in [-0.39, 0.29) is 5.91 Å². The van der Waals surface area contributed by atoms with Gasteiger partial charge in [0.1, 0.15) is 0 Å². The van der Waals surface area contributed by atoms with Crippen LogP contribution in [0.2, 0.25) is 0 Å². The Morgan fingerprint density at radius 2 is 2.25 bits per heavy atom. The smallest absolute Gasteiger partial charge is 0.246 e. The average molecular weight is 226 g/mol. The first kappa shape index (κ1) is 12.6. The zero-order chi connectivity index (χ0) is 12.0. The van der Waals surface area contributed by atoms with E-state index in [0.717, 1.165) is 0 Å². The van der Waals surface area contributed by atoms with Gasteiger partial charge in [-0.15, -0.1) is 0 Å². The highest BCUT2D eigenvalue weighted by molar-refractivity contribution is 5.75. The molecule has 6 nitrogen and oxygen atoms in total. The number of carbonyl (C=O) groups is 1. The molecule has 0 bridgehead atoms. The first-order valence-electron chi connectivity index (χ1n) is 5.37. The lowest BCUT2D eigenvalue weighted by Gasteiger charge is -2.07. The van der Waals surface area contributed by atoms with Crippen molar-refractivity contribution in [2.45, 2.75) is 39.8 Å². The predicted octanol–water partition coefficient (Wildman–Crippen LogP) is 0.382. The van der Waals surface area contributed by atoms with Gasteiger partial charge in [0.25, 0.3) is 0 Å². The lowest BCUT2D eigenvalue weighted by atomic mass is 10.3. The summed E-state index contributed by atoms with van der Waals surface area (Å²) < 4.78 is 4.87. The molecule has 0 aliphatic heterocycles. The zero-order valence-corrected chi connectivity index (χ0v) is 9.91. The molecule has 90 valence electrons. The average Bonchev–Trinajstić information content (AvgIpc) is 2.61. The van der Waals surface area contributed by atoms with Crippen molar-refractivity contribution in [1.29, 1.82) is 0 Å². The second-order valence-electron chi connectivity index (χ2n) is 3.87. The van der Waals surface area contributed by atoms with Crippen molar-refractivity contribution >= 4 is 5.91 Å². The number of hydrogen-bond donors (Lipinski definition) is 2. The van der Waals surface area contributed by atoms with Crippen LogP contribution in [0.3, 0.4) is 0 Å². The highest BCUT2D eigenvalue weighted by Gasteiger charge is 2.05. The van der Waals surface area contributed by atoms with Crippen molar-refractivity contribution < 1.29 is 9.32 Å². The maximum atomic E-state index is 11.4. The van der Waals surface area contributed by atoms with Gasteiger partial charge in [-0.05, 0) is 6.92 Å². The van der Waals surface area contributed by atoms with Gasteiger partial charge in [0.15, 0.2) is 5.82 Å². The SMILES string of the molecule is Cc1noc(CNC(=O)CCNC(C)C)n1. The van der Waals surface area contributed by atoms with Crippen LogP contribution >= 0.6 is 0 Å². The maximum Gasteiger partial charge on any atom is 0.246 e. The van der Waals surface area contributed by atoms with Crippen molar-refractivity contribution in [3.8, 4) is 0 Å². The van der Waals surface area contributed by atoms with E-state index in [0.29, 0.717) is 37.3 Å². The Labute approximate surface area is 94.8 Å². The summed E-state index contributed by atoms with van der Waals surface area (Å²) in [5, 5.41) is 9.51. The second kappa shape index (κ2) is 6.22. The van der Waals surface area contributed by atoms with Crippen molar-refractivity contribution in [2.75, 3.05) is 6.54 Å². The standard InChI is InChI=1S/C10H18N4O2/c1-7(2)11-5-4-9(15)12-6-10-13-8(3)14-16-10/h7,11H,4-6H2,1-3H3,(H,12,15). The van der Waals surface area contributed by atoms with E-state index in [9.17, 15) is 4.79 Å². The molecule has 1 aromatic rings. The van der Waals surface area contributed by atoms with Crippen LogP contribution in [-0.2, 0) is 11.3 Å². The van der Waals surface area contributed by atoms with Crippen LogP contribution in [0.4, 0.5) is 0 Å². The van der Waals surface area contributed by atoms with Gasteiger partial charge in [0.05, 0.1) is 6.54 Å². The number of hydrogen-bond acceptors (Lipinski definition) is 5. The van der Waals surface area contributed by atoms with E-state index in [1.807, 2.05) is 13.8 Å². The summed E-state index contributed by atoms with van der Waals surface area (Å²) in [6.45, 7) is 6.79. The molecule has 0 aliphatic rings. The molecule has 0 fully saturated rings. The third kappa shape index (κ3) is 4.88. The number of nitrogens with zero attached hydrogens (tertiary/aromatic N) is 2. The fourth-order valence-electron chi connectivity index (χ4n) is 1.15. The van der Waals surface area contributed by atoms with Gasteiger partial charge in [-0.25, -0.2) is 0 Å². The van der Waals surface area contributed by atoms with E-state index >= 15 is 0 Å². The third-order valence-electron chi connectivity index (χ3n) is 1.91. The normalized spacial score (nSPS) is 10.8. The van der Waals surface area contributed by atoms with Gasteiger partial charge in [-0.1, -0.05) is 19.0 Å². The molecule has 1 rings (SSSR count). The van der Waals surface area contributed by atoms with Gasteiger partial charge < -0.3 is 15.2 Å². The molecule has 16 heavy (non-hydrogen) atoms. The molecule has 0 aliphatic carbocycles. The van der Waals surface area contributed by atoms with E-state index in [4.69, 9.17) is 4.52 Å². The van der Waals surface area contributed by atoms with Crippen LogP contribution in [0.25, 0.3) is 0 Å². The summed E-state index contributed by atoms with van der Waals surface area (Å²) in [6, 6.07) is 0.395. The summed E-state index contributed by atoms with van der Waals surface area (Å²) in [4.78, 5) is 15.3. The number of carbonyl (C=O) groups excluding carboxylic acids is 1. The minimum atomic E-state index is -0.0241. The lowest BCUT2D eigenvalue weighted by molar-refractivity contribution is -0.121. The summed E-state index contributed by atoms with van der Waals surface area (Å²) in [5.41, 5.74) is 0. The van der Waals surface area contributed by atoms with E-state index in [1.54, 1.807) is 6.92 Å². The van der Waals surface area contributed by atoms with Crippen molar-refractivity contribution in [1.82, 2.24) is 20.8 Å². The topological polar surface area (TPSA) is 80.0 Å². The summed E-state index contributed by atoms with van der Waals surface area (Å²) in [6.07, 6.45) is 0.450. The molecule has 0 saturated heterocycles. The predicted molar refractivity (Wildman–Crippen MR) is 58.6 cm³/mol. The third-order valence-corrected chi connectivity index (χ3v) is 1.91. The molecule has 0 spiro atoms. The van der Waals surface area contributed by atoms with Crippen molar-refractivity contribution in [3.05, 3.63) is 11.7 Å². The molecule has 0 radical (unpaired) electrons. The first-order valence-corrected chi connectivity index (χ1v) is 5.37. The molecule has 1 amide bonds. The van der Waals surface area contributed by atoms with Crippen LogP contribution in [0.1, 0.15) is 32.0 Å². The van der Waals surface area contributed by atoms with Gasteiger partial charge in [0.2, 0.25) is 11.8 Å². The van der Waals surface area contributed by atoms with Crippen molar-refractivity contribution in [2.24, 2.45) is 0 Å². The second-order valence-corrected chi connectivity index (χ2v) is 3.87. The number of aryl methyl sites for hydroxylation is 1. The monoisotopic (exact) mass is 226 g/mol. The fourth-order valence-corrected chi connectivity index (χ4v) is 1.15. The van der Waals surface area contributed by atoms with Crippen molar-refractivity contribution in [3.63, 3.8) is 0 Å². The zero-order valence-electron chi connectivity index (χ0n) is 9.91. The number of nitrogens with one attached hydrogen (secondary N) is 2. The largest absolute Gasteiger partial charge is 0.347 e. The molecule has 2 N–H and O–H groups in total. The van der Waals surface area contributed by atoms with Crippen LogP contribution in [0, 0.1) is 6.92 Å². The highest BCUT2D eigenvalue weighted by Crippen LogP contribution is 1.94. The lowest BCUT2D eigenvalue weighted by Crippen LogP contribution is -2.30. The van der Waals surface area contributed by atoms with E-state index in [2.05, 4.69) is 20.8 Å². The quantitative estimate of drug-likeness (QED) is 0.733. The van der Waals surface area contributed by atoms with Crippen LogP contribution in [0.5, 0.6) is 0 Å². The Kier molecular flexibility index (Phi) is 4.91. The fraction of sp³-hybridized carbons (Fsp3) is 0.700. The van der Waals surface area contributed by atoms with E-state index in [1.165, 1.54) is 0 Å². The first-order chi connectivity index (χ1) is 7.58. The van der Waals surface area contributed by atoms with Gasteiger partial charge in [-0.3, -0.25) is 4.79 Å². The molecule has 0 aromatic carbocycles. The van der Waals surface area contributed by atoms with Crippen LogP contribution in [-0.4, -0.2) is 28.6 Å². The highest BCUT2D eigenvalue weighted by atomic mass is 16.5. The van der Waals surface area contributed by atoms with Crippen LogP contribution in [0.15, 0.2) is 4.52 Å². The Bertz CT molecular complexity index is 335. The summed E-state index contributed by atoms with van der Waals surface area (Å²) in [5.74, 6) is 0.984. The number of rotatable bonds is 6. The Morgan fingerprint density at radius 1 is 1.50 bits per heavy atom. The minimum Gasteiger partial charge on any atom is -0.347 e. The molecule has 1 heterocycles. The van der Waals surface area contributed by atoms with Gasteiger partial charge >= 0.3 is 0 Å². The molecule has 0 unspecified atom stereocenters. The van der Waals surface area contributed by atoms with Gasteiger partial charge in [-0.2, -0.15) is 4.98 Å². The molecule has 0 atom stereocenters. The summed E-state index contributed by atoms with van der Waals surface area (Å²) in [7, 11) is 0.